The molecule has 1 unspecified atom stereocenters. The van der Waals surface area contributed by atoms with Gasteiger partial charge in [0, 0.05) is 30.9 Å². The summed E-state index contributed by atoms with van der Waals surface area (Å²) in [5.41, 5.74) is 1.23. The molecule has 2 heterocycles. The summed E-state index contributed by atoms with van der Waals surface area (Å²) in [6.45, 7) is 1.36. The number of nitrogens with one attached hydrogen (secondary N) is 1. The maximum atomic E-state index is 12.9. The van der Waals surface area contributed by atoms with Gasteiger partial charge in [0.2, 0.25) is 5.56 Å². The Morgan fingerprint density at radius 2 is 2.05 bits per heavy atom. The fraction of sp³-hybridized carbons (Fsp3) is 0.294. The fourth-order valence-electron chi connectivity index (χ4n) is 2.90. The maximum absolute atomic E-state index is 12.9. The molecular weight excluding hydrogens is 283 g/mol. The molecule has 1 amide bonds. The van der Waals surface area contributed by atoms with E-state index < -0.39 is 0 Å². The molecule has 1 N–H and O–H groups in total. The lowest BCUT2D eigenvalue weighted by atomic mass is 9.99. The van der Waals surface area contributed by atoms with Crippen molar-refractivity contribution in [3.8, 4) is 0 Å². The molecule has 0 spiro atoms. The van der Waals surface area contributed by atoms with E-state index in [4.69, 9.17) is 0 Å². The highest BCUT2D eigenvalue weighted by molar-refractivity contribution is 5.94. The van der Waals surface area contributed by atoms with Crippen LogP contribution < -0.4 is 5.56 Å². The van der Waals surface area contributed by atoms with Gasteiger partial charge in [-0.3, -0.25) is 9.59 Å². The molecule has 1 atom stereocenters. The van der Waals surface area contributed by atoms with Gasteiger partial charge in [-0.15, -0.1) is 0 Å². The van der Waals surface area contributed by atoms with E-state index >= 15 is 0 Å². The van der Waals surface area contributed by atoms with Crippen LogP contribution in [-0.2, 0) is 6.42 Å². The molecule has 3 rings (SSSR count). The number of carbonyl (C=O) groups excluding carboxylic acids is 1. The normalized spacial score (nSPS) is 17.7. The minimum Gasteiger partial charge on any atom is -0.338 e. The highest BCUT2D eigenvalue weighted by atomic mass is 19.1. The SMILES string of the molecule is O=C(c1cc[nH]c(=O)c1)N1CCC(Cc2ccc(F)cc2)C1. The molecule has 0 radical (unpaired) electrons. The predicted molar refractivity (Wildman–Crippen MR) is 81.2 cm³/mol. The highest BCUT2D eigenvalue weighted by Crippen LogP contribution is 2.22. The van der Waals surface area contributed by atoms with E-state index in [0.29, 0.717) is 24.6 Å². The predicted octanol–water partition coefficient (Wildman–Crippen LogP) is 2.22. The van der Waals surface area contributed by atoms with Crippen molar-refractivity contribution >= 4 is 5.91 Å². The van der Waals surface area contributed by atoms with Crippen LogP contribution in [0.2, 0.25) is 0 Å². The number of hydrogen-bond acceptors (Lipinski definition) is 2. The van der Waals surface area contributed by atoms with Crippen LogP contribution in [0.5, 0.6) is 0 Å². The van der Waals surface area contributed by atoms with Gasteiger partial charge in [0.25, 0.3) is 5.91 Å². The number of carbonyl (C=O) groups is 1. The third-order valence-corrected chi connectivity index (χ3v) is 4.03. The number of pyridine rings is 1. The number of amides is 1. The molecule has 2 aromatic rings. The summed E-state index contributed by atoms with van der Waals surface area (Å²) in [4.78, 5) is 27.9. The van der Waals surface area contributed by atoms with E-state index in [1.807, 2.05) is 0 Å². The minimum atomic E-state index is -0.270. The summed E-state index contributed by atoms with van der Waals surface area (Å²) < 4.78 is 12.9. The van der Waals surface area contributed by atoms with Gasteiger partial charge >= 0.3 is 0 Å². The molecule has 1 aromatic heterocycles. The highest BCUT2D eigenvalue weighted by Gasteiger charge is 2.27. The Morgan fingerprint density at radius 3 is 2.77 bits per heavy atom. The van der Waals surface area contributed by atoms with E-state index in [1.165, 1.54) is 24.4 Å². The second-order valence-corrected chi connectivity index (χ2v) is 5.68. The molecular formula is C17H17FN2O2. The first-order valence-corrected chi connectivity index (χ1v) is 7.34. The summed E-state index contributed by atoms with van der Waals surface area (Å²) in [6, 6.07) is 9.45. The Morgan fingerprint density at radius 1 is 1.27 bits per heavy atom. The Bertz CT molecular complexity index is 724. The largest absolute Gasteiger partial charge is 0.338 e. The second-order valence-electron chi connectivity index (χ2n) is 5.68. The Hall–Kier alpha value is -2.43. The lowest BCUT2D eigenvalue weighted by Crippen LogP contribution is -2.29. The average Bonchev–Trinajstić information content (AvgIpc) is 2.97. The van der Waals surface area contributed by atoms with Crippen molar-refractivity contribution in [3.05, 3.63) is 69.9 Å². The van der Waals surface area contributed by atoms with Gasteiger partial charge in [-0.1, -0.05) is 12.1 Å². The molecule has 1 saturated heterocycles. The molecule has 0 saturated carbocycles. The molecule has 5 heteroatoms. The Balaban J connectivity index is 1.63. The molecule has 114 valence electrons. The summed E-state index contributed by atoms with van der Waals surface area (Å²) in [5, 5.41) is 0. The van der Waals surface area contributed by atoms with Gasteiger partial charge in [0.1, 0.15) is 5.82 Å². The van der Waals surface area contributed by atoms with Crippen LogP contribution in [0.15, 0.2) is 47.4 Å². The number of halogens is 1. The van der Waals surface area contributed by atoms with Crippen molar-refractivity contribution in [3.63, 3.8) is 0 Å². The molecule has 1 aliphatic heterocycles. The van der Waals surface area contributed by atoms with Crippen molar-refractivity contribution in [2.24, 2.45) is 5.92 Å². The van der Waals surface area contributed by atoms with Gasteiger partial charge in [0.05, 0.1) is 0 Å². The summed E-state index contributed by atoms with van der Waals surface area (Å²) in [7, 11) is 0. The van der Waals surface area contributed by atoms with Gasteiger partial charge < -0.3 is 9.88 Å². The van der Waals surface area contributed by atoms with Crippen LogP contribution in [0.1, 0.15) is 22.3 Å². The Kier molecular flexibility index (Phi) is 4.04. The van der Waals surface area contributed by atoms with E-state index in [2.05, 4.69) is 4.98 Å². The molecule has 4 nitrogen and oxygen atoms in total. The first-order chi connectivity index (χ1) is 10.6. The zero-order valence-electron chi connectivity index (χ0n) is 12.1. The van der Waals surface area contributed by atoms with Crippen molar-refractivity contribution in [2.75, 3.05) is 13.1 Å². The van der Waals surface area contributed by atoms with E-state index in [0.717, 1.165) is 18.4 Å². The number of H-pyrrole nitrogens is 1. The van der Waals surface area contributed by atoms with E-state index in [-0.39, 0.29) is 17.3 Å². The molecule has 0 bridgehead atoms. The van der Waals surface area contributed by atoms with Gasteiger partial charge in [-0.05, 0) is 42.5 Å². The van der Waals surface area contributed by atoms with Crippen molar-refractivity contribution in [1.82, 2.24) is 9.88 Å². The minimum absolute atomic E-state index is 0.104. The number of hydrogen-bond donors (Lipinski definition) is 1. The van der Waals surface area contributed by atoms with Crippen LogP contribution in [0.4, 0.5) is 4.39 Å². The zero-order chi connectivity index (χ0) is 15.5. The topological polar surface area (TPSA) is 53.2 Å². The number of benzene rings is 1. The van der Waals surface area contributed by atoms with E-state index in [1.54, 1.807) is 23.1 Å². The smallest absolute Gasteiger partial charge is 0.254 e. The lowest BCUT2D eigenvalue weighted by molar-refractivity contribution is 0.0787. The Labute approximate surface area is 127 Å². The van der Waals surface area contributed by atoms with Gasteiger partial charge in [-0.2, -0.15) is 0 Å². The first-order valence-electron chi connectivity index (χ1n) is 7.34. The van der Waals surface area contributed by atoms with Crippen LogP contribution in [-0.4, -0.2) is 28.9 Å². The third kappa shape index (κ3) is 3.24. The van der Waals surface area contributed by atoms with Crippen molar-refractivity contribution in [2.45, 2.75) is 12.8 Å². The summed E-state index contributed by atoms with van der Waals surface area (Å²) in [5.74, 6) is 0.0328. The summed E-state index contributed by atoms with van der Waals surface area (Å²) >= 11 is 0. The first kappa shape index (κ1) is 14.5. The van der Waals surface area contributed by atoms with Crippen LogP contribution in [0.25, 0.3) is 0 Å². The monoisotopic (exact) mass is 300 g/mol. The molecule has 0 aliphatic carbocycles. The molecule has 1 aliphatic rings. The fourth-order valence-corrected chi connectivity index (χ4v) is 2.90. The molecule has 1 aromatic carbocycles. The average molecular weight is 300 g/mol. The van der Waals surface area contributed by atoms with Crippen LogP contribution in [0, 0.1) is 11.7 Å². The maximum Gasteiger partial charge on any atom is 0.254 e. The van der Waals surface area contributed by atoms with E-state index in [9.17, 15) is 14.0 Å². The van der Waals surface area contributed by atoms with Gasteiger partial charge in [-0.25, -0.2) is 4.39 Å². The number of aromatic nitrogens is 1. The summed E-state index contributed by atoms with van der Waals surface area (Å²) in [6.07, 6.45) is 3.24. The quantitative estimate of drug-likeness (QED) is 0.945. The number of aromatic amines is 1. The molecule has 1 fully saturated rings. The third-order valence-electron chi connectivity index (χ3n) is 4.03. The number of rotatable bonds is 3. The standard InChI is InChI=1S/C17H17FN2O2/c18-15-3-1-12(2-4-15)9-13-6-8-20(11-13)17(22)14-5-7-19-16(21)10-14/h1-5,7,10,13H,6,8-9,11H2,(H,19,21). The zero-order valence-corrected chi connectivity index (χ0v) is 12.1. The van der Waals surface area contributed by atoms with Crippen molar-refractivity contribution < 1.29 is 9.18 Å². The second kappa shape index (κ2) is 6.13. The van der Waals surface area contributed by atoms with Gasteiger partial charge in [0.15, 0.2) is 0 Å². The van der Waals surface area contributed by atoms with Crippen molar-refractivity contribution in [1.29, 1.82) is 0 Å². The lowest BCUT2D eigenvalue weighted by Gasteiger charge is -2.16. The van der Waals surface area contributed by atoms with Crippen LogP contribution >= 0.6 is 0 Å². The number of nitrogens with zero attached hydrogens (tertiary/aromatic N) is 1. The van der Waals surface area contributed by atoms with Crippen LogP contribution in [0.3, 0.4) is 0 Å². The number of likely N-dealkylation sites (tertiary alicyclic amines) is 1. The molecule has 22 heavy (non-hydrogen) atoms.